The van der Waals surface area contributed by atoms with E-state index in [1.165, 1.54) is 36.7 Å². The number of hydrogen-bond donors (Lipinski definition) is 2. The summed E-state index contributed by atoms with van der Waals surface area (Å²) in [5.41, 5.74) is 3.92. The fourth-order valence-corrected chi connectivity index (χ4v) is 3.84. The van der Waals surface area contributed by atoms with Gasteiger partial charge in [0, 0.05) is 16.3 Å². The minimum atomic E-state index is -0.663. The summed E-state index contributed by atoms with van der Waals surface area (Å²) in [6, 6.07) is 18.7. The van der Waals surface area contributed by atoms with Crippen molar-refractivity contribution in [1.82, 2.24) is 5.43 Å². The van der Waals surface area contributed by atoms with E-state index >= 15 is 0 Å². The van der Waals surface area contributed by atoms with Gasteiger partial charge in [0.15, 0.2) is 11.5 Å². The second-order valence-electron chi connectivity index (χ2n) is 7.86. The maximum Gasteiger partial charge on any atom is 0.379 e. The Labute approximate surface area is 233 Å². The van der Waals surface area contributed by atoms with Crippen LogP contribution in [0.2, 0.25) is 10.0 Å². The lowest BCUT2D eigenvalue weighted by Gasteiger charge is -2.10. The number of carbonyl (C=O) groups excluding carboxylic acids is 3. The molecule has 0 saturated carbocycles. The van der Waals surface area contributed by atoms with Crippen LogP contribution < -0.4 is 20.2 Å². The minimum absolute atomic E-state index is 0.0585. The number of halogens is 2. The maximum absolute atomic E-state index is 12.6. The van der Waals surface area contributed by atoms with Gasteiger partial charge in [-0.05, 0) is 79.2 Å². The smallest absolute Gasteiger partial charge is 0.379 e. The topological polar surface area (TPSA) is 119 Å². The van der Waals surface area contributed by atoms with Crippen LogP contribution >= 0.6 is 23.2 Å². The van der Waals surface area contributed by atoms with Crippen molar-refractivity contribution in [3.05, 3.63) is 112 Å². The molecular formula is C28H21Cl2N3O6. The number of benzene rings is 3. The molecule has 198 valence electrons. The first-order valence-electron chi connectivity index (χ1n) is 11.6. The van der Waals surface area contributed by atoms with E-state index in [9.17, 15) is 14.4 Å². The quantitative estimate of drug-likeness (QED) is 0.107. The van der Waals surface area contributed by atoms with E-state index in [-0.39, 0.29) is 27.7 Å². The number of rotatable bonds is 9. The highest BCUT2D eigenvalue weighted by Gasteiger charge is 2.16. The molecule has 4 aromatic rings. The van der Waals surface area contributed by atoms with Crippen molar-refractivity contribution in [2.75, 3.05) is 11.9 Å². The summed E-state index contributed by atoms with van der Waals surface area (Å²) in [5.74, 6) is -1.03. The Morgan fingerprint density at radius 1 is 0.949 bits per heavy atom. The first-order chi connectivity index (χ1) is 18.8. The molecule has 9 nitrogen and oxygen atoms in total. The van der Waals surface area contributed by atoms with Gasteiger partial charge in [0.1, 0.15) is 0 Å². The molecule has 0 bridgehead atoms. The molecular weight excluding hydrogens is 545 g/mol. The summed E-state index contributed by atoms with van der Waals surface area (Å²) in [5, 5.41) is 7.31. The molecule has 3 aromatic carbocycles. The second-order valence-corrected chi connectivity index (χ2v) is 8.71. The third-order valence-electron chi connectivity index (χ3n) is 5.13. The normalized spacial score (nSPS) is 10.7. The van der Waals surface area contributed by atoms with Gasteiger partial charge in [-0.1, -0.05) is 29.3 Å². The highest BCUT2D eigenvalue weighted by atomic mass is 35.5. The van der Waals surface area contributed by atoms with Crippen molar-refractivity contribution in [3.8, 4) is 11.5 Å². The molecule has 0 unspecified atom stereocenters. The van der Waals surface area contributed by atoms with Crippen molar-refractivity contribution in [2.24, 2.45) is 5.10 Å². The SMILES string of the molecule is CCOc1cc(C=NNC(=O)c2cccc(NC(=O)c3ccc(Cl)cc3Cl)c2)ccc1OC(=O)c1ccco1. The fraction of sp³-hybridized carbons (Fsp3) is 0.0714. The Kier molecular flexibility index (Phi) is 8.98. The average molecular weight is 566 g/mol. The van der Waals surface area contributed by atoms with Gasteiger partial charge in [0.25, 0.3) is 11.8 Å². The third-order valence-corrected chi connectivity index (χ3v) is 5.68. The minimum Gasteiger partial charge on any atom is -0.490 e. The summed E-state index contributed by atoms with van der Waals surface area (Å²) in [6.07, 6.45) is 2.78. The van der Waals surface area contributed by atoms with E-state index in [2.05, 4.69) is 15.8 Å². The molecule has 1 heterocycles. The van der Waals surface area contributed by atoms with Gasteiger partial charge in [-0.15, -0.1) is 0 Å². The Morgan fingerprint density at radius 2 is 1.79 bits per heavy atom. The van der Waals surface area contributed by atoms with Crippen LogP contribution in [0.4, 0.5) is 5.69 Å². The molecule has 0 radical (unpaired) electrons. The number of nitrogens with zero attached hydrogens (tertiary/aromatic N) is 1. The molecule has 39 heavy (non-hydrogen) atoms. The second kappa shape index (κ2) is 12.8. The summed E-state index contributed by atoms with van der Waals surface area (Å²) >= 11 is 12.0. The Balaban J connectivity index is 1.40. The van der Waals surface area contributed by atoms with Gasteiger partial charge in [0.05, 0.1) is 29.7 Å². The molecule has 2 amide bonds. The predicted octanol–water partition coefficient (Wildman–Crippen LogP) is 6.22. The predicted molar refractivity (Wildman–Crippen MR) is 147 cm³/mol. The molecule has 0 aliphatic rings. The van der Waals surface area contributed by atoms with Gasteiger partial charge in [-0.2, -0.15) is 5.10 Å². The number of amides is 2. The number of anilines is 1. The van der Waals surface area contributed by atoms with Crippen LogP contribution in [0, 0.1) is 0 Å². The molecule has 0 saturated heterocycles. The van der Waals surface area contributed by atoms with Crippen molar-refractivity contribution in [1.29, 1.82) is 0 Å². The lowest BCUT2D eigenvalue weighted by atomic mass is 10.1. The van der Waals surface area contributed by atoms with E-state index in [0.29, 0.717) is 28.6 Å². The largest absolute Gasteiger partial charge is 0.490 e. The van der Waals surface area contributed by atoms with Crippen molar-refractivity contribution in [3.63, 3.8) is 0 Å². The molecule has 0 spiro atoms. The van der Waals surface area contributed by atoms with Gasteiger partial charge >= 0.3 is 5.97 Å². The van der Waals surface area contributed by atoms with Gasteiger partial charge in [-0.3, -0.25) is 9.59 Å². The van der Waals surface area contributed by atoms with Crippen molar-refractivity contribution in [2.45, 2.75) is 6.92 Å². The number of hydrazone groups is 1. The van der Waals surface area contributed by atoms with Crippen LogP contribution in [0.1, 0.15) is 43.8 Å². The highest BCUT2D eigenvalue weighted by Crippen LogP contribution is 2.29. The Morgan fingerprint density at radius 3 is 2.54 bits per heavy atom. The van der Waals surface area contributed by atoms with Gasteiger partial charge in [-0.25, -0.2) is 10.2 Å². The molecule has 0 fully saturated rings. The molecule has 0 atom stereocenters. The van der Waals surface area contributed by atoms with E-state index < -0.39 is 17.8 Å². The first kappa shape index (κ1) is 27.4. The van der Waals surface area contributed by atoms with Crippen LogP contribution in [0.3, 0.4) is 0 Å². The Hall–Kier alpha value is -4.60. The number of hydrogen-bond acceptors (Lipinski definition) is 7. The summed E-state index contributed by atoms with van der Waals surface area (Å²) < 4.78 is 16.0. The van der Waals surface area contributed by atoms with Crippen LogP contribution in [-0.4, -0.2) is 30.6 Å². The summed E-state index contributed by atoms with van der Waals surface area (Å²) in [7, 11) is 0. The zero-order valence-electron chi connectivity index (χ0n) is 20.4. The van der Waals surface area contributed by atoms with Gasteiger partial charge < -0.3 is 19.2 Å². The lowest BCUT2D eigenvalue weighted by molar-refractivity contribution is 0.0694. The van der Waals surface area contributed by atoms with Crippen molar-refractivity contribution >= 4 is 52.9 Å². The Bertz CT molecular complexity index is 1540. The zero-order chi connectivity index (χ0) is 27.8. The van der Waals surface area contributed by atoms with Crippen LogP contribution in [0.25, 0.3) is 0 Å². The molecule has 2 N–H and O–H groups in total. The standard InChI is InChI=1S/C28H21Cl2N3O6/c1-2-37-25-13-17(8-11-23(25)39-28(36)24-7-4-12-38-24)16-31-33-26(34)18-5-3-6-20(14-18)32-27(35)21-10-9-19(29)15-22(21)30/h3-16H,2H2,1H3,(H,32,35)(H,33,34). The summed E-state index contributed by atoms with van der Waals surface area (Å²) in [4.78, 5) is 37.4. The third kappa shape index (κ3) is 7.25. The number of carbonyl (C=O) groups is 3. The van der Waals surface area contributed by atoms with E-state index in [4.69, 9.17) is 37.1 Å². The number of ether oxygens (including phenoxy) is 2. The lowest BCUT2D eigenvalue weighted by Crippen LogP contribution is -2.18. The highest BCUT2D eigenvalue weighted by molar-refractivity contribution is 6.37. The average Bonchev–Trinajstić information content (AvgIpc) is 3.46. The molecule has 1 aromatic heterocycles. The fourth-order valence-electron chi connectivity index (χ4n) is 3.34. The molecule has 0 aliphatic carbocycles. The van der Waals surface area contributed by atoms with Gasteiger partial charge in [0.2, 0.25) is 5.76 Å². The maximum atomic E-state index is 12.6. The van der Waals surface area contributed by atoms with Crippen LogP contribution in [-0.2, 0) is 0 Å². The van der Waals surface area contributed by atoms with E-state index in [1.54, 1.807) is 55.5 Å². The number of nitrogens with one attached hydrogen (secondary N) is 2. The van der Waals surface area contributed by atoms with Crippen LogP contribution in [0.15, 0.2) is 88.6 Å². The molecule has 4 rings (SSSR count). The zero-order valence-corrected chi connectivity index (χ0v) is 22.0. The first-order valence-corrected chi connectivity index (χ1v) is 12.3. The molecule has 0 aliphatic heterocycles. The van der Waals surface area contributed by atoms with E-state index in [1.807, 2.05) is 0 Å². The number of esters is 1. The summed E-state index contributed by atoms with van der Waals surface area (Å²) in [6.45, 7) is 2.12. The monoisotopic (exact) mass is 565 g/mol. The van der Waals surface area contributed by atoms with E-state index in [0.717, 1.165) is 0 Å². The molecule has 11 heteroatoms. The van der Waals surface area contributed by atoms with Crippen molar-refractivity contribution < 1.29 is 28.3 Å². The van der Waals surface area contributed by atoms with Crippen LogP contribution in [0.5, 0.6) is 11.5 Å². The number of furan rings is 1.